The van der Waals surface area contributed by atoms with Crippen molar-refractivity contribution in [2.24, 2.45) is 0 Å². The number of nitrogens with one attached hydrogen (secondary N) is 1. The van der Waals surface area contributed by atoms with Gasteiger partial charge in [0.1, 0.15) is 11.8 Å². The second kappa shape index (κ2) is 11.4. The third kappa shape index (κ3) is 6.61. The fourth-order valence-electron chi connectivity index (χ4n) is 3.32. The standard InChI is InChI=1S/C25H34N2O3/c1-6-20-12-14-22(15-13-20)30-17-24(28)27(16-21-11-9-8-10-19(21)5)23(7-2)25(29)26-18(3)4/h8-15,18,23H,6-7,16-17H2,1-5H3,(H,26,29). The van der Waals surface area contributed by atoms with E-state index in [-0.39, 0.29) is 24.5 Å². The summed E-state index contributed by atoms with van der Waals surface area (Å²) in [6.45, 7) is 10.1. The summed E-state index contributed by atoms with van der Waals surface area (Å²) in [6, 6.07) is 15.1. The van der Waals surface area contributed by atoms with Gasteiger partial charge in [-0.1, -0.05) is 50.2 Å². The zero-order valence-electron chi connectivity index (χ0n) is 18.8. The van der Waals surface area contributed by atoms with E-state index >= 15 is 0 Å². The van der Waals surface area contributed by atoms with Gasteiger partial charge in [-0.2, -0.15) is 0 Å². The molecule has 0 heterocycles. The number of nitrogens with zero attached hydrogens (tertiary/aromatic N) is 1. The van der Waals surface area contributed by atoms with E-state index in [1.807, 2.05) is 76.2 Å². The van der Waals surface area contributed by atoms with Crippen LogP contribution in [0.3, 0.4) is 0 Å². The van der Waals surface area contributed by atoms with Gasteiger partial charge >= 0.3 is 0 Å². The second-order valence-corrected chi connectivity index (χ2v) is 7.82. The molecule has 0 aliphatic rings. The van der Waals surface area contributed by atoms with E-state index in [0.717, 1.165) is 17.5 Å². The molecule has 1 N–H and O–H groups in total. The van der Waals surface area contributed by atoms with E-state index < -0.39 is 6.04 Å². The summed E-state index contributed by atoms with van der Waals surface area (Å²) >= 11 is 0. The quantitative estimate of drug-likeness (QED) is 0.636. The highest BCUT2D eigenvalue weighted by molar-refractivity contribution is 5.88. The Morgan fingerprint density at radius 3 is 2.27 bits per heavy atom. The molecule has 0 saturated carbocycles. The average molecular weight is 411 g/mol. The van der Waals surface area contributed by atoms with Crippen LogP contribution in [0.25, 0.3) is 0 Å². The van der Waals surface area contributed by atoms with Crippen molar-refractivity contribution < 1.29 is 14.3 Å². The van der Waals surface area contributed by atoms with Crippen molar-refractivity contribution in [2.45, 2.75) is 66.1 Å². The summed E-state index contributed by atoms with van der Waals surface area (Å²) in [5.41, 5.74) is 3.32. The van der Waals surface area contributed by atoms with Crippen LogP contribution in [0.2, 0.25) is 0 Å². The molecule has 0 fully saturated rings. The van der Waals surface area contributed by atoms with Crippen LogP contribution >= 0.6 is 0 Å². The van der Waals surface area contributed by atoms with Gasteiger partial charge in [-0.15, -0.1) is 0 Å². The predicted octanol–water partition coefficient (Wildman–Crippen LogP) is 4.27. The average Bonchev–Trinajstić information content (AvgIpc) is 2.73. The fraction of sp³-hybridized carbons (Fsp3) is 0.440. The summed E-state index contributed by atoms with van der Waals surface area (Å²) in [5.74, 6) is 0.307. The van der Waals surface area contributed by atoms with Gasteiger partial charge in [0.25, 0.3) is 5.91 Å². The molecule has 0 saturated heterocycles. The Balaban J connectivity index is 2.20. The molecule has 2 amide bonds. The molecule has 0 radical (unpaired) electrons. The van der Waals surface area contributed by atoms with Gasteiger partial charge in [-0.3, -0.25) is 9.59 Å². The van der Waals surface area contributed by atoms with Crippen molar-refractivity contribution in [1.29, 1.82) is 0 Å². The summed E-state index contributed by atoms with van der Waals surface area (Å²) < 4.78 is 5.75. The SMILES string of the molecule is CCc1ccc(OCC(=O)N(Cc2ccccc2C)C(CC)C(=O)NC(C)C)cc1. The molecule has 0 aliphatic heterocycles. The first-order valence-electron chi connectivity index (χ1n) is 10.7. The predicted molar refractivity (Wildman–Crippen MR) is 120 cm³/mol. The molecule has 1 unspecified atom stereocenters. The summed E-state index contributed by atoms with van der Waals surface area (Å²) in [4.78, 5) is 27.6. The van der Waals surface area contributed by atoms with Gasteiger partial charge in [0, 0.05) is 12.6 Å². The molecule has 2 rings (SSSR count). The van der Waals surface area contributed by atoms with Gasteiger partial charge in [0.2, 0.25) is 5.91 Å². The van der Waals surface area contributed by atoms with Gasteiger partial charge < -0.3 is 15.0 Å². The normalized spacial score (nSPS) is 11.8. The molecule has 0 aromatic heterocycles. The zero-order valence-corrected chi connectivity index (χ0v) is 18.8. The van der Waals surface area contributed by atoms with Crippen LogP contribution in [-0.2, 0) is 22.6 Å². The molecule has 2 aromatic carbocycles. The van der Waals surface area contributed by atoms with Crippen LogP contribution in [0.15, 0.2) is 48.5 Å². The van der Waals surface area contributed by atoms with Crippen molar-refractivity contribution >= 4 is 11.8 Å². The first kappa shape index (κ1) is 23.5. The third-order valence-corrected chi connectivity index (χ3v) is 5.11. The van der Waals surface area contributed by atoms with E-state index in [1.54, 1.807) is 4.90 Å². The Labute approximate surface area is 180 Å². The smallest absolute Gasteiger partial charge is 0.261 e. The van der Waals surface area contributed by atoms with Crippen LogP contribution in [0.5, 0.6) is 5.75 Å². The third-order valence-electron chi connectivity index (χ3n) is 5.11. The molecule has 0 bridgehead atoms. The maximum atomic E-state index is 13.2. The number of carbonyl (C=O) groups excluding carboxylic acids is 2. The van der Waals surface area contributed by atoms with E-state index in [1.165, 1.54) is 5.56 Å². The molecule has 0 spiro atoms. The van der Waals surface area contributed by atoms with Crippen molar-refractivity contribution in [2.75, 3.05) is 6.61 Å². The van der Waals surface area contributed by atoms with Gasteiger partial charge in [-0.05, 0) is 62.4 Å². The lowest BCUT2D eigenvalue weighted by atomic mass is 10.1. The topological polar surface area (TPSA) is 58.6 Å². The number of amides is 2. The highest BCUT2D eigenvalue weighted by atomic mass is 16.5. The second-order valence-electron chi connectivity index (χ2n) is 7.82. The monoisotopic (exact) mass is 410 g/mol. The summed E-state index contributed by atoms with van der Waals surface area (Å²) in [7, 11) is 0. The van der Waals surface area contributed by atoms with Crippen LogP contribution < -0.4 is 10.1 Å². The van der Waals surface area contributed by atoms with Crippen molar-refractivity contribution in [3.63, 3.8) is 0 Å². The lowest BCUT2D eigenvalue weighted by Gasteiger charge is -2.31. The Morgan fingerprint density at radius 2 is 1.70 bits per heavy atom. The number of ether oxygens (including phenoxy) is 1. The molecule has 0 aliphatic carbocycles. The number of benzene rings is 2. The number of aryl methyl sites for hydroxylation is 2. The number of hydrogen-bond acceptors (Lipinski definition) is 3. The molecule has 2 aromatic rings. The largest absolute Gasteiger partial charge is 0.484 e. The minimum absolute atomic E-state index is 0.00953. The minimum Gasteiger partial charge on any atom is -0.484 e. The van der Waals surface area contributed by atoms with Gasteiger partial charge in [0.05, 0.1) is 0 Å². The molecule has 30 heavy (non-hydrogen) atoms. The molecule has 5 heteroatoms. The van der Waals surface area contributed by atoms with Crippen LogP contribution in [-0.4, -0.2) is 35.4 Å². The van der Waals surface area contributed by atoms with Crippen LogP contribution in [0.1, 0.15) is 50.8 Å². The highest BCUT2D eigenvalue weighted by Crippen LogP contribution is 2.17. The maximum Gasteiger partial charge on any atom is 0.261 e. The van der Waals surface area contributed by atoms with Crippen molar-refractivity contribution in [3.8, 4) is 5.75 Å². The van der Waals surface area contributed by atoms with Gasteiger partial charge in [-0.25, -0.2) is 0 Å². The lowest BCUT2D eigenvalue weighted by Crippen LogP contribution is -2.51. The Morgan fingerprint density at radius 1 is 1.03 bits per heavy atom. The first-order chi connectivity index (χ1) is 14.3. The van der Waals surface area contributed by atoms with E-state index in [2.05, 4.69) is 12.2 Å². The minimum atomic E-state index is -0.550. The molecular weight excluding hydrogens is 376 g/mol. The zero-order chi connectivity index (χ0) is 22.1. The van der Waals surface area contributed by atoms with Crippen molar-refractivity contribution in [1.82, 2.24) is 10.2 Å². The Kier molecular flexibility index (Phi) is 8.90. The number of rotatable bonds is 10. The first-order valence-corrected chi connectivity index (χ1v) is 10.7. The lowest BCUT2D eigenvalue weighted by molar-refractivity contribution is -0.143. The number of carbonyl (C=O) groups is 2. The van der Waals surface area contributed by atoms with Crippen LogP contribution in [0.4, 0.5) is 0 Å². The fourth-order valence-corrected chi connectivity index (χ4v) is 3.32. The Hall–Kier alpha value is -2.82. The van der Waals surface area contributed by atoms with Crippen molar-refractivity contribution in [3.05, 3.63) is 65.2 Å². The van der Waals surface area contributed by atoms with E-state index in [0.29, 0.717) is 18.7 Å². The molecule has 1 atom stereocenters. The summed E-state index contributed by atoms with van der Waals surface area (Å²) in [5, 5.41) is 2.94. The maximum absolute atomic E-state index is 13.2. The van der Waals surface area contributed by atoms with E-state index in [4.69, 9.17) is 4.74 Å². The highest BCUT2D eigenvalue weighted by Gasteiger charge is 2.29. The molecule has 5 nitrogen and oxygen atoms in total. The van der Waals surface area contributed by atoms with E-state index in [9.17, 15) is 9.59 Å². The van der Waals surface area contributed by atoms with Crippen LogP contribution in [0, 0.1) is 6.92 Å². The molecule has 162 valence electrons. The summed E-state index contributed by atoms with van der Waals surface area (Å²) in [6.07, 6.45) is 1.48. The number of hydrogen-bond donors (Lipinski definition) is 1. The van der Waals surface area contributed by atoms with Gasteiger partial charge in [0.15, 0.2) is 6.61 Å². The molecular formula is C25H34N2O3. The Bertz CT molecular complexity index is 831.